The summed E-state index contributed by atoms with van der Waals surface area (Å²) in [5.74, 6) is 4.87. The number of nitrogens with one attached hydrogen (secondary N) is 1. The first kappa shape index (κ1) is 12.9. The van der Waals surface area contributed by atoms with E-state index in [0.29, 0.717) is 5.71 Å². The summed E-state index contributed by atoms with van der Waals surface area (Å²) in [5.41, 5.74) is 6.17. The van der Waals surface area contributed by atoms with Gasteiger partial charge in [0.1, 0.15) is 5.71 Å². The Morgan fingerprint density at radius 2 is 1.91 bits per heavy atom. The van der Waals surface area contributed by atoms with Gasteiger partial charge in [0.2, 0.25) is 0 Å². The highest BCUT2D eigenvalue weighted by Gasteiger charge is 2.23. The number of hydrogen-bond acceptors (Lipinski definition) is 4. The Kier molecular flexibility index (Phi) is 2.55. The summed E-state index contributed by atoms with van der Waals surface area (Å²) in [6, 6.07) is 10.1. The third kappa shape index (κ3) is 1.54. The molecule has 5 nitrogen and oxygen atoms in total. The van der Waals surface area contributed by atoms with Gasteiger partial charge in [0.25, 0.3) is 5.91 Å². The first-order chi connectivity index (χ1) is 10.6. The number of para-hydroxylation sites is 1. The average Bonchev–Trinajstić information content (AvgIpc) is 3.06. The largest absolute Gasteiger partial charge is 0.289 e. The van der Waals surface area contributed by atoms with Crippen LogP contribution in [0.3, 0.4) is 0 Å². The van der Waals surface area contributed by atoms with Crippen LogP contribution < -0.4 is 21.8 Å². The van der Waals surface area contributed by atoms with E-state index in [0.717, 1.165) is 43.5 Å². The van der Waals surface area contributed by atoms with Crippen molar-refractivity contribution >= 4 is 28.6 Å². The number of amides is 1. The van der Waals surface area contributed by atoms with E-state index in [1.165, 1.54) is 0 Å². The van der Waals surface area contributed by atoms with Crippen LogP contribution in [0.4, 0.5) is 11.4 Å². The van der Waals surface area contributed by atoms with Crippen molar-refractivity contribution < 1.29 is 4.79 Å². The standard InChI is InChI=1S/C17H14N4O/c1-8-14-9(2)16(17(22)21-18)20-13(14)7-11-10-5-3-4-6-12(10)19-15(8)11/h3-7H,18H2,1-2H3,(H,21,22). The Hall–Kier alpha value is -2.79. The molecule has 0 bridgehead atoms. The van der Waals surface area contributed by atoms with Gasteiger partial charge in [-0.05, 0) is 37.1 Å². The summed E-state index contributed by atoms with van der Waals surface area (Å²) in [5, 5.41) is 4.13. The van der Waals surface area contributed by atoms with E-state index >= 15 is 0 Å². The molecule has 2 aromatic carbocycles. The molecule has 0 atom stereocenters. The van der Waals surface area contributed by atoms with Gasteiger partial charge in [-0.3, -0.25) is 10.2 Å². The highest BCUT2D eigenvalue weighted by atomic mass is 16.2. The average molecular weight is 290 g/mol. The van der Waals surface area contributed by atoms with Crippen LogP contribution in [-0.2, 0) is 4.79 Å². The van der Waals surface area contributed by atoms with E-state index in [4.69, 9.17) is 10.8 Å². The van der Waals surface area contributed by atoms with Crippen LogP contribution in [-0.4, -0.2) is 11.6 Å². The second kappa shape index (κ2) is 4.35. The Balaban J connectivity index is 2.14. The van der Waals surface area contributed by atoms with Crippen molar-refractivity contribution in [3.8, 4) is 0 Å². The molecule has 3 N–H and O–H groups in total. The third-order valence-corrected chi connectivity index (χ3v) is 4.26. The minimum Gasteiger partial charge on any atom is -0.289 e. The van der Waals surface area contributed by atoms with E-state index in [1.807, 2.05) is 38.1 Å². The topological polar surface area (TPSA) is 79.8 Å². The molecule has 1 amide bonds. The van der Waals surface area contributed by atoms with Crippen molar-refractivity contribution in [2.75, 3.05) is 0 Å². The fourth-order valence-corrected chi connectivity index (χ4v) is 3.23. The van der Waals surface area contributed by atoms with Gasteiger partial charge < -0.3 is 0 Å². The quantitative estimate of drug-likeness (QED) is 0.395. The Labute approximate surface area is 126 Å². The molecule has 0 aromatic heterocycles. The Bertz CT molecular complexity index is 1100. The summed E-state index contributed by atoms with van der Waals surface area (Å²) in [4.78, 5) is 21.0. The van der Waals surface area contributed by atoms with Crippen LogP contribution in [0.2, 0.25) is 0 Å². The zero-order chi connectivity index (χ0) is 15.4. The molecular formula is C17H14N4O. The SMILES string of the molecule is CC1=c2c(cc3c(c2C)N=c2ccccc2=3)N=C1C(=O)NN. The maximum Gasteiger partial charge on any atom is 0.284 e. The van der Waals surface area contributed by atoms with Gasteiger partial charge in [0, 0.05) is 15.7 Å². The fourth-order valence-electron chi connectivity index (χ4n) is 3.23. The zero-order valence-electron chi connectivity index (χ0n) is 12.3. The molecule has 0 saturated carbocycles. The van der Waals surface area contributed by atoms with Crippen LogP contribution in [0, 0.1) is 17.4 Å². The molecule has 0 radical (unpaired) electrons. The molecule has 0 saturated heterocycles. The first-order valence-electron chi connectivity index (χ1n) is 7.04. The van der Waals surface area contributed by atoms with Crippen LogP contribution in [0.15, 0.2) is 40.3 Å². The Morgan fingerprint density at radius 3 is 2.68 bits per heavy atom. The van der Waals surface area contributed by atoms with Crippen molar-refractivity contribution in [3.63, 3.8) is 0 Å². The number of aliphatic imine (C=N–C) groups is 1. The summed E-state index contributed by atoms with van der Waals surface area (Å²) in [6.45, 7) is 3.91. The van der Waals surface area contributed by atoms with E-state index < -0.39 is 0 Å². The highest BCUT2D eigenvalue weighted by molar-refractivity contribution is 6.54. The molecule has 0 unspecified atom stereocenters. The lowest BCUT2D eigenvalue weighted by Crippen LogP contribution is -2.36. The van der Waals surface area contributed by atoms with Crippen molar-refractivity contribution in [2.24, 2.45) is 15.8 Å². The van der Waals surface area contributed by atoms with Gasteiger partial charge in [-0.15, -0.1) is 0 Å². The van der Waals surface area contributed by atoms with E-state index in [1.54, 1.807) is 0 Å². The first-order valence-corrected chi connectivity index (χ1v) is 7.04. The van der Waals surface area contributed by atoms with Gasteiger partial charge >= 0.3 is 0 Å². The molecule has 0 spiro atoms. The van der Waals surface area contributed by atoms with E-state index in [2.05, 4.69) is 16.5 Å². The molecule has 0 fully saturated rings. The van der Waals surface area contributed by atoms with Gasteiger partial charge in [-0.2, -0.15) is 0 Å². The summed E-state index contributed by atoms with van der Waals surface area (Å²) >= 11 is 0. The molecule has 5 heteroatoms. The smallest absolute Gasteiger partial charge is 0.284 e. The number of rotatable bonds is 1. The van der Waals surface area contributed by atoms with Crippen LogP contribution in [0.25, 0.3) is 5.57 Å². The number of benzene rings is 2. The maximum absolute atomic E-state index is 11.8. The summed E-state index contributed by atoms with van der Waals surface area (Å²) in [7, 11) is 0. The number of fused-ring (bicyclic) bond motifs is 3. The molecule has 2 aromatic rings. The lowest BCUT2D eigenvalue weighted by atomic mass is 10.0. The number of carbonyl (C=O) groups is 1. The predicted octanol–water partition coefficient (Wildman–Crippen LogP) is 0.793. The molecule has 22 heavy (non-hydrogen) atoms. The number of nitrogens with two attached hydrogens (primary N) is 1. The molecule has 0 aliphatic carbocycles. The van der Waals surface area contributed by atoms with Gasteiger partial charge in [-0.25, -0.2) is 15.8 Å². The number of hydrogen-bond donors (Lipinski definition) is 2. The van der Waals surface area contributed by atoms with Crippen molar-refractivity contribution in [3.05, 3.63) is 56.9 Å². The highest BCUT2D eigenvalue weighted by Crippen LogP contribution is 2.28. The maximum atomic E-state index is 11.8. The third-order valence-electron chi connectivity index (χ3n) is 4.26. The van der Waals surface area contributed by atoms with Crippen LogP contribution in [0.1, 0.15) is 12.5 Å². The second-order valence-corrected chi connectivity index (χ2v) is 5.48. The van der Waals surface area contributed by atoms with E-state index in [-0.39, 0.29) is 5.91 Å². The fraction of sp³-hybridized carbons (Fsp3) is 0.118. The molecule has 108 valence electrons. The second-order valence-electron chi connectivity index (χ2n) is 5.48. The molecule has 2 aliphatic heterocycles. The van der Waals surface area contributed by atoms with Gasteiger partial charge in [0.05, 0.1) is 16.7 Å². The van der Waals surface area contributed by atoms with E-state index in [9.17, 15) is 4.79 Å². The lowest BCUT2D eigenvalue weighted by Gasteiger charge is -2.02. The van der Waals surface area contributed by atoms with Crippen molar-refractivity contribution in [1.29, 1.82) is 0 Å². The number of nitrogens with zero attached hydrogens (tertiary/aromatic N) is 2. The molecule has 2 heterocycles. The van der Waals surface area contributed by atoms with Crippen molar-refractivity contribution in [2.45, 2.75) is 13.8 Å². The minimum absolute atomic E-state index is 0.370. The normalized spacial score (nSPS) is 14.0. The molecular weight excluding hydrogens is 276 g/mol. The number of hydrazine groups is 1. The Morgan fingerprint density at radius 1 is 1.14 bits per heavy atom. The summed E-state index contributed by atoms with van der Waals surface area (Å²) < 4.78 is 0. The van der Waals surface area contributed by atoms with Gasteiger partial charge in [0.15, 0.2) is 0 Å². The monoisotopic (exact) mass is 290 g/mol. The minimum atomic E-state index is -0.370. The van der Waals surface area contributed by atoms with Gasteiger partial charge in [-0.1, -0.05) is 18.2 Å². The van der Waals surface area contributed by atoms with Crippen molar-refractivity contribution in [1.82, 2.24) is 5.43 Å². The number of carbonyl (C=O) groups excluding carboxylic acids is 1. The predicted molar refractivity (Wildman–Crippen MR) is 84.2 cm³/mol. The van der Waals surface area contributed by atoms with Crippen LogP contribution >= 0.6 is 0 Å². The van der Waals surface area contributed by atoms with Crippen LogP contribution in [0.5, 0.6) is 0 Å². The zero-order valence-corrected chi connectivity index (χ0v) is 12.3. The molecule has 4 rings (SSSR count). The lowest BCUT2D eigenvalue weighted by molar-refractivity contribution is -0.114. The molecule has 2 aliphatic rings. The summed E-state index contributed by atoms with van der Waals surface area (Å²) in [6.07, 6.45) is 0.